The highest BCUT2D eigenvalue weighted by Crippen LogP contribution is 2.07. The topological polar surface area (TPSA) is 38.3 Å². The van der Waals surface area contributed by atoms with E-state index in [2.05, 4.69) is 5.32 Å². The Morgan fingerprint density at radius 2 is 2.00 bits per heavy atom. The zero-order valence-electron chi connectivity index (χ0n) is 9.16. The van der Waals surface area contributed by atoms with Crippen LogP contribution in [0, 0.1) is 0 Å². The van der Waals surface area contributed by atoms with E-state index in [1.165, 1.54) is 5.56 Å². The summed E-state index contributed by atoms with van der Waals surface area (Å²) in [6.07, 6.45) is 1.69. The smallest absolute Gasteiger partial charge is 0.0587 e. The summed E-state index contributed by atoms with van der Waals surface area (Å²) in [5.41, 5.74) is 1.19. The van der Waals surface area contributed by atoms with E-state index >= 15 is 0 Å². The minimum Gasteiger partial charge on any atom is -0.383 e. The van der Waals surface area contributed by atoms with E-state index in [1.54, 1.807) is 13.4 Å². The second-order valence-corrected chi connectivity index (χ2v) is 4.65. The molecule has 15 heavy (non-hydrogen) atoms. The molecule has 4 heteroatoms. The number of hydrogen-bond acceptors (Lipinski definition) is 3. The first kappa shape index (κ1) is 12.4. The molecule has 1 aromatic rings. The SMILES string of the molecule is COCCNCc1ccc(S(C)=O)cc1. The van der Waals surface area contributed by atoms with Crippen LogP contribution in [0.25, 0.3) is 0 Å². The fourth-order valence-corrected chi connectivity index (χ4v) is 1.73. The molecule has 0 spiro atoms. The summed E-state index contributed by atoms with van der Waals surface area (Å²) in [5.74, 6) is 0. The van der Waals surface area contributed by atoms with Crippen LogP contribution in [0.5, 0.6) is 0 Å². The van der Waals surface area contributed by atoms with E-state index in [-0.39, 0.29) is 0 Å². The normalized spacial score (nSPS) is 12.7. The number of methoxy groups -OCH3 is 1. The van der Waals surface area contributed by atoms with Gasteiger partial charge < -0.3 is 10.1 Å². The number of hydrogen-bond donors (Lipinski definition) is 1. The summed E-state index contributed by atoms with van der Waals surface area (Å²) in [7, 11) is 0.801. The van der Waals surface area contributed by atoms with Crippen molar-refractivity contribution in [2.75, 3.05) is 26.5 Å². The van der Waals surface area contributed by atoms with Crippen molar-refractivity contribution < 1.29 is 8.95 Å². The molecule has 84 valence electrons. The van der Waals surface area contributed by atoms with E-state index in [0.29, 0.717) is 0 Å². The minimum absolute atomic E-state index is 0.719. The lowest BCUT2D eigenvalue weighted by Gasteiger charge is -2.04. The van der Waals surface area contributed by atoms with Crippen molar-refractivity contribution in [2.45, 2.75) is 11.4 Å². The largest absolute Gasteiger partial charge is 0.383 e. The van der Waals surface area contributed by atoms with Gasteiger partial charge in [0.25, 0.3) is 0 Å². The van der Waals surface area contributed by atoms with E-state index in [0.717, 1.165) is 24.6 Å². The fourth-order valence-electron chi connectivity index (χ4n) is 1.21. The molecule has 0 amide bonds. The Bertz CT molecular complexity index is 311. The zero-order valence-corrected chi connectivity index (χ0v) is 9.97. The minimum atomic E-state index is -0.886. The van der Waals surface area contributed by atoms with Gasteiger partial charge in [-0.3, -0.25) is 4.21 Å². The van der Waals surface area contributed by atoms with Gasteiger partial charge in [-0.2, -0.15) is 0 Å². The molecular weight excluding hydrogens is 210 g/mol. The summed E-state index contributed by atoms with van der Waals surface area (Å²) >= 11 is 0. The van der Waals surface area contributed by atoms with E-state index in [1.807, 2.05) is 24.3 Å². The van der Waals surface area contributed by atoms with Crippen molar-refractivity contribution >= 4 is 10.8 Å². The maximum Gasteiger partial charge on any atom is 0.0587 e. The van der Waals surface area contributed by atoms with Crippen molar-refractivity contribution in [1.82, 2.24) is 5.32 Å². The van der Waals surface area contributed by atoms with E-state index in [4.69, 9.17) is 4.74 Å². The van der Waals surface area contributed by atoms with Crippen LogP contribution in [0.4, 0.5) is 0 Å². The molecule has 0 aliphatic rings. The Kier molecular flexibility index (Phi) is 5.53. The van der Waals surface area contributed by atoms with Gasteiger partial charge in [-0.1, -0.05) is 12.1 Å². The number of rotatable bonds is 6. The summed E-state index contributed by atoms with van der Waals surface area (Å²) in [6, 6.07) is 7.81. The van der Waals surface area contributed by atoms with Crippen molar-refractivity contribution in [3.8, 4) is 0 Å². The number of benzene rings is 1. The van der Waals surface area contributed by atoms with Crippen LogP contribution >= 0.6 is 0 Å². The van der Waals surface area contributed by atoms with Crippen molar-refractivity contribution in [1.29, 1.82) is 0 Å². The van der Waals surface area contributed by atoms with E-state index in [9.17, 15) is 4.21 Å². The van der Waals surface area contributed by atoms with Crippen LogP contribution < -0.4 is 5.32 Å². The fraction of sp³-hybridized carbons (Fsp3) is 0.455. The molecule has 0 bridgehead atoms. The Morgan fingerprint density at radius 1 is 1.33 bits per heavy atom. The van der Waals surface area contributed by atoms with Crippen LogP contribution in [0.3, 0.4) is 0 Å². The van der Waals surface area contributed by atoms with Crippen LogP contribution in [-0.4, -0.2) is 30.7 Å². The molecule has 0 aliphatic carbocycles. The number of nitrogens with one attached hydrogen (secondary N) is 1. The van der Waals surface area contributed by atoms with Crippen molar-refractivity contribution in [3.05, 3.63) is 29.8 Å². The maximum atomic E-state index is 11.1. The zero-order chi connectivity index (χ0) is 11.1. The van der Waals surface area contributed by atoms with Crippen LogP contribution in [0.2, 0.25) is 0 Å². The third kappa shape index (κ3) is 4.55. The Hall–Kier alpha value is -0.710. The lowest BCUT2D eigenvalue weighted by atomic mass is 10.2. The van der Waals surface area contributed by atoms with Gasteiger partial charge in [0.1, 0.15) is 0 Å². The van der Waals surface area contributed by atoms with Crippen molar-refractivity contribution in [2.24, 2.45) is 0 Å². The molecule has 0 heterocycles. The quantitative estimate of drug-likeness (QED) is 0.741. The molecule has 3 nitrogen and oxygen atoms in total. The average molecular weight is 227 g/mol. The molecule has 0 aromatic heterocycles. The third-order valence-corrected chi connectivity index (χ3v) is 3.00. The predicted octanol–water partition coefficient (Wildman–Crippen LogP) is 1.16. The van der Waals surface area contributed by atoms with Crippen molar-refractivity contribution in [3.63, 3.8) is 0 Å². The number of ether oxygens (including phenoxy) is 1. The molecule has 0 saturated heterocycles. The van der Waals surface area contributed by atoms with Gasteiger partial charge in [0, 0.05) is 42.2 Å². The van der Waals surface area contributed by atoms with Crippen LogP contribution in [0.15, 0.2) is 29.2 Å². The highest BCUT2D eigenvalue weighted by atomic mass is 32.2. The molecule has 1 N–H and O–H groups in total. The molecule has 0 radical (unpaired) electrons. The van der Waals surface area contributed by atoms with Crippen LogP contribution in [-0.2, 0) is 22.1 Å². The highest BCUT2D eigenvalue weighted by Gasteiger charge is 1.97. The first-order chi connectivity index (χ1) is 7.24. The average Bonchev–Trinajstić information content (AvgIpc) is 2.25. The Morgan fingerprint density at radius 3 is 2.53 bits per heavy atom. The molecule has 0 fully saturated rings. The molecule has 1 aromatic carbocycles. The first-order valence-corrected chi connectivity index (χ1v) is 6.42. The third-order valence-electron chi connectivity index (χ3n) is 2.07. The standard InChI is InChI=1S/C11H17NO2S/c1-14-8-7-12-9-10-3-5-11(6-4-10)15(2)13/h3-6,12H,7-9H2,1-2H3. The van der Waals surface area contributed by atoms with Gasteiger partial charge in [-0.05, 0) is 17.7 Å². The van der Waals surface area contributed by atoms with Gasteiger partial charge >= 0.3 is 0 Å². The first-order valence-electron chi connectivity index (χ1n) is 4.86. The molecule has 0 saturated carbocycles. The lowest BCUT2D eigenvalue weighted by Crippen LogP contribution is -2.18. The van der Waals surface area contributed by atoms with Gasteiger partial charge in [0.2, 0.25) is 0 Å². The Balaban J connectivity index is 2.39. The van der Waals surface area contributed by atoms with Gasteiger partial charge in [0.05, 0.1) is 6.61 Å². The predicted molar refractivity (Wildman–Crippen MR) is 62.4 cm³/mol. The maximum absolute atomic E-state index is 11.1. The molecule has 1 atom stereocenters. The summed E-state index contributed by atoms with van der Waals surface area (Å²) < 4.78 is 16.1. The molecule has 0 aliphatic heterocycles. The summed E-state index contributed by atoms with van der Waals surface area (Å²) in [6.45, 7) is 2.38. The molecule has 1 unspecified atom stereocenters. The molecular formula is C11H17NO2S. The van der Waals surface area contributed by atoms with Gasteiger partial charge in [0.15, 0.2) is 0 Å². The second-order valence-electron chi connectivity index (χ2n) is 3.27. The summed E-state index contributed by atoms with van der Waals surface area (Å²) in [4.78, 5) is 0.871. The highest BCUT2D eigenvalue weighted by molar-refractivity contribution is 7.84. The monoisotopic (exact) mass is 227 g/mol. The lowest BCUT2D eigenvalue weighted by molar-refractivity contribution is 0.199. The summed E-state index contributed by atoms with van der Waals surface area (Å²) in [5, 5.41) is 3.25. The van der Waals surface area contributed by atoms with Gasteiger partial charge in [-0.15, -0.1) is 0 Å². The van der Waals surface area contributed by atoms with E-state index < -0.39 is 10.8 Å². The Labute approximate surface area is 93.3 Å². The molecule has 1 rings (SSSR count). The van der Waals surface area contributed by atoms with Crippen LogP contribution in [0.1, 0.15) is 5.56 Å². The van der Waals surface area contributed by atoms with Gasteiger partial charge in [-0.25, -0.2) is 0 Å². The second kappa shape index (κ2) is 6.71.